The lowest BCUT2D eigenvalue weighted by molar-refractivity contribution is 0.0769. The van der Waals surface area contributed by atoms with E-state index in [0.717, 1.165) is 22.3 Å². The summed E-state index contributed by atoms with van der Waals surface area (Å²) in [6.45, 7) is 44.7. The molecule has 6 bridgehead atoms. The summed E-state index contributed by atoms with van der Waals surface area (Å²) in [5.41, 5.74) is 28.0. The Morgan fingerprint density at radius 1 is 0.500 bits per heavy atom. The van der Waals surface area contributed by atoms with Gasteiger partial charge in [-0.05, 0) is 117 Å². The standard InChI is InChI=1S/2C23H25N7O2.C22H22FN7O2/c2*1-12(2)30-18-11-29(6)23(31)15-8-7-13(3)9-16(15)14(4)32-22-20(24)26-10-17(27-22)19(18)21(25-5)28-30;1-11(2)30-20(25-4)18-16-9-26-19(24)21(27-16)32-12(3)15-8-13(23)6-7-14(15)22(31)29(5)10-17(18)28-30/h2*7-10,12,14H,11H2,1-4,6H3,(H2,24,26);6-9,11-12H,10H2,1-3,5H3,(H2,24,26)/t2*14-;12-/m111/s1. The van der Waals surface area contributed by atoms with E-state index >= 15 is 0 Å². The van der Waals surface area contributed by atoms with E-state index in [0.29, 0.717) is 73.1 Å². The van der Waals surface area contributed by atoms with Crippen molar-refractivity contribution in [2.75, 3.05) is 38.3 Å². The third kappa shape index (κ3) is 13.0. The molecule has 27 nitrogen and oxygen atoms in total. The SMILES string of the molecule is [C-]#[N+]c1c2c(nn1C(C)C)CN(C)C(=O)c1ccc(F)cc1[C@@H](C)Oc1nc-2cnc1N.[C-]#[N+]c1nn(C(C)C)c2c1-c1cnc(N)c(n1)O[C@H](C)c1cc(C)ccc1C(=O)N(C)C2.[C-]#[N+]c1nn(C(C)C)c2c1-c1cnc(N)c(n1)O[C@H](C)c1cc(C)ccc1C(=O)N(C)C2. The molecule has 28 heteroatoms. The second-order valence-corrected chi connectivity index (χ2v) is 24.4. The Balaban J connectivity index is 0.000000157. The highest BCUT2D eigenvalue weighted by atomic mass is 19.1. The maximum atomic E-state index is 14.0. The largest absolute Gasteiger partial charge is 0.467 e. The number of amides is 3. The van der Waals surface area contributed by atoms with E-state index in [1.165, 1.54) is 41.7 Å². The van der Waals surface area contributed by atoms with Gasteiger partial charge in [0.1, 0.15) is 35.9 Å². The molecule has 0 fully saturated rings. The molecule has 96 heavy (non-hydrogen) atoms. The minimum absolute atomic E-state index is 0.0249. The van der Waals surface area contributed by atoms with Crippen LogP contribution in [0.15, 0.2) is 73.2 Å². The Morgan fingerprint density at radius 2 is 0.854 bits per heavy atom. The molecule has 0 saturated heterocycles. The van der Waals surface area contributed by atoms with Crippen molar-refractivity contribution in [3.63, 3.8) is 0 Å². The molecule has 3 aromatic carbocycles. The number of aromatic nitrogens is 12. The average Bonchev–Trinajstić information content (AvgIpc) is 1.55. The lowest BCUT2D eigenvalue weighted by Crippen LogP contribution is -2.29. The van der Waals surface area contributed by atoms with Crippen molar-refractivity contribution >= 4 is 52.6 Å². The number of aryl methyl sites for hydroxylation is 2. The molecule has 9 aromatic rings. The fourth-order valence-electron chi connectivity index (χ4n) is 11.5. The number of benzene rings is 3. The van der Waals surface area contributed by atoms with Crippen LogP contribution in [0.3, 0.4) is 0 Å². The van der Waals surface area contributed by atoms with E-state index in [9.17, 15) is 18.8 Å². The van der Waals surface area contributed by atoms with Gasteiger partial charge in [-0.3, -0.25) is 14.4 Å². The van der Waals surface area contributed by atoms with Gasteiger partial charge in [0.2, 0.25) is 0 Å². The predicted molar refractivity (Wildman–Crippen MR) is 356 cm³/mol. The Bertz CT molecular complexity index is 4430. The third-order valence-corrected chi connectivity index (χ3v) is 16.3. The summed E-state index contributed by atoms with van der Waals surface area (Å²) < 4.78 is 37.3. The molecule has 9 heterocycles. The van der Waals surface area contributed by atoms with Crippen LogP contribution in [0.5, 0.6) is 17.6 Å². The maximum absolute atomic E-state index is 14.0. The van der Waals surface area contributed by atoms with Gasteiger partial charge in [0, 0.05) is 54.5 Å². The quantitative estimate of drug-likeness (QED) is 0.138. The van der Waals surface area contributed by atoms with E-state index in [-0.39, 0.29) is 108 Å². The summed E-state index contributed by atoms with van der Waals surface area (Å²) in [6, 6.07) is 15.1. The number of nitrogen functional groups attached to an aromatic ring is 3. The Hall–Kier alpha value is -11.9. The van der Waals surface area contributed by atoms with Gasteiger partial charge in [-0.1, -0.05) is 55.1 Å². The number of halogens is 1. The molecule has 3 aliphatic rings. The fourth-order valence-corrected chi connectivity index (χ4v) is 11.5. The first-order valence-corrected chi connectivity index (χ1v) is 30.7. The van der Waals surface area contributed by atoms with Crippen molar-refractivity contribution in [3.05, 3.63) is 175 Å². The van der Waals surface area contributed by atoms with Crippen molar-refractivity contribution in [1.82, 2.24) is 73.9 Å². The zero-order valence-electron chi connectivity index (χ0n) is 55.6. The van der Waals surface area contributed by atoms with Crippen LogP contribution in [0.25, 0.3) is 48.3 Å². The molecule has 0 aliphatic carbocycles. The average molecular weight is 1300 g/mol. The van der Waals surface area contributed by atoms with Crippen molar-refractivity contribution in [2.24, 2.45) is 0 Å². The van der Waals surface area contributed by atoms with Gasteiger partial charge in [-0.25, -0.2) is 34.3 Å². The first kappa shape index (κ1) is 67.0. The van der Waals surface area contributed by atoms with E-state index < -0.39 is 24.1 Å². The van der Waals surface area contributed by atoms with Crippen LogP contribution in [0.2, 0.25) is 0 Å². The van der Waals surface area contributed by atoms with Gasteiger partial charge < -0.3 is 60.6 Å². The van der Waals surface area contributed by atoms with Gasteiger partial charge in [-0.2, -0.15) is 14.0 Å². The number of carbonyl (C=O) groups is 3. The molecular formula is C68H72FN21O6. The number of rotatable bonds is 3. The van der Waals surface area contributed by atoms with Crippen molar-refractivity contribution in [3.8, 4) is 51.4 Å². The minimum atomic E-state index is -0.734. The monoisotopic (exact) mass is 1300 g/mol. The number of hydrogen-bond acceptors (Lipinski definition) is 18. The van der Waals surface area contributed by atoms with E-state index in [1.54, 1.807) is 51.9 Å². The summed E-state index contributed by atoms with van der Waals surface area (Å²) in [5.74, 6) is 0.223. The second-order valence-electron chi connectivity index (χ2n) is 24.4. The molecule has 492 valence electrons. The first-order chi connectivity index (χ1) is 45.6. The van der Waals surface area contributed by atoms with Gasteiger partial charge >= 0.3 is 11.6 Å². The summed E-state index contributed by atoms with van der Waals surface area (Å²) in [4.78, 5) is 82.3. The highest BCUT2D eigenvalue weighted by molar-refractivity contribution is 5.97. The summed E-state index contributed by atoms with van der Waals surface area (Å²) in [5, 5.41) is 13.6. The zero-order chi connectivity index (χ0) is 69.5. The molecule has 3 aliphatic heterocycles. The molecule has 0 radical (unpaired) electrons. The minimum Gasteiger partial charge on any atom is -0.467 e. The summed E-state index contributed by atoms with van der Waals surface area (Å²) in [6.07, 6.45) is 2.76. The number of ether oxygens (including phenoxy) is 3. The number of nitrogens with two attached hydrogens (primary N) is 3. The molecule has 0 spiro atoms. The number of fused-ring (bicyclic) bond motifs is 15. The number of hydrogen-bond donors (Lipinski definition) is 3. The predicted octanol–water partition coefficient (Wildman–Crippen LogP) is 12.1. The molecule has 0 saturated carbocycles. The summed E-state index contributed by atoms with van der Waals surface area (Å²) in [7, 11) is 5.10. The normalized spacial score (nSPS) is 15.8. The summed E-state index contributed by atoms with van der Waals surface area (Å²) >= 11 is 0. The van der Waals surface area contributed by atoms with Crippen LogP contribution < -0.4 is 31.4 Å². The highest BCUT2D eigenvalue weighted by Gasteiger charge is 2.34. The van der Waals surface area contributed by atoms with E-state index in [1.807, 2.05) is 106 Å². The first-order valence-electron chi connectivity index (χ1n) is 30.7. The molecule has 3 amide bonds. The van der Waals surface area contributed by atoms with E-state index in [2.05, 4.69) is 59.7 Å². The van der Waals surface area contributed by atoms with Crippen molar-refractivity contribution in [1.29, 1.82) is 0 Å². The van der Waals surface area contributed by atoms with Gasteiger partial charge in [-0.15, -0.1) is 5.10 Å². The molecule has 0 unspecified atom stereocenters. The highest BCUT2D eigenvalue weighted by Crippen LogP contribution is 2.42. The van der Waals surface area contributed by atoms with Gasteiger partial charge in [0.15, 0.2) is 17.5 Å². The topological polar surface area (TPSA) is 311 Å². The molecule has 3 atom stereocenters. The smallest absolute Gasteiger partial charge is 0.305 e. The van der Waals surface area contributed by atoms with Gasteiger partial charge in [0.05, 0.1) is 95.5 Å². The van der Waals surface area contributed by atoms with Gasteiger partial charge in [0.25, 0.3) is 41.2 Å². The molecule has 12 rings (SSSR count). The molecular weight excluding hydrogens is 1230 g/mol. The lowest BCUT2D eigenvalue weighted by atomic mass is 9.99. The second kappa shape index (κ2) is 27.0. The van der Waals surface area contributed by atoms with E-state index in [4.69, 9.17) is 51.1 Å². The fraction of sp³-hybridized carbons (Fsp3) is 0.338. The third-order valence-electron chi connectivity index (χ3n) is 16.3. The Labute approximate surface area is 554 Å². The van der Waals surface area contributed by atoms with Crippen LogP contribution >= 0.6 is 0 Å². The zero-order valence-corrected chi connectivity index (χ0v) is 55.6. The lowest BCUT2D eigenvalue weighted by Gasteiger charge is -2.24. The van der Waals surface area contributed by atoms with Crippen molar-refractivity contribution in [2.45, 2.75) is 132 Å². The van der Waals surface area contributed by atoms with Crippen LogP contribution in [-0.2, 0) is 19.6 Å². The number of anilines is 3. The maximum Gasteiger partial charge on any atom is 0.305 e. The number of nitrogens with zero attached hydrogens (tertiary/aromatic N) is 18. The van der Waals surface area contributed by atoms with Crippen LogP contribution in [0.1, 0.15) is 175 Å². The molecule has 6 aromatic heterocycles. The van der Waals surface area contributed by atoms with Crippen LogP contribution in [0, 0.1) is 39.4 Å². The Kier molecular flexibility index (Phi) is 18.9. The van der Waals surface area contributed by atoms with Crippen LogP contribution in [0.4, 0.5) is 39.3 Å². The van der Waals surface area contributed by atoms with Crippen LogP contribution in [-0.4, -0.2) is 113 Å². The Morgan fingerprint density at radius 3 is 1.22 bits per heavy atom. The number of carbonyl (C=O) groups excluding carboxylic acids is 3. The molecule has 6 N–H and O–H groups in total. The van der Waals surface area contributed by atoms with Crippen molar-refractivity contribution < 1.29 is 33.0 Å².